The highest BCUT2D eigenvalue weighted by Gasteiger charge is 2.30. The minimum absolute atomic E-state index is 0.0810. The van der Waals surface area contributed by atoms with E-state index in [-0.39, 0.29) is 18.6 Å². The van der Waals surface area contributed by atoms with Gasteiger partial charge >= 0.3 is 6.18 Å². The maximum atomic E-state index is 11.8. The zero-order chi connectivity index (χ0) is 12.9. The molecule has 0 saturated heterocycles. The minimum atomic E-state index is -4.25. The number of hydrogen-bond acceptors (Lipinski definition) is 2. The fourth-order valence-electron chi connectivity index (χ4n) is 2.45. The summed E-state index contributed by atoms with van der Waals surface area (Å²) in [5.74, 6) is 0.702. The van der Waals surface area contributed by atoms with Gasteiger partial charge in [-0.05, 0) is 37.5 Å². The highest BCUT2D eigenvalue weighted by Crippen LogP contribution is 2.33. The summed E-state index contributed by atoms with van der Waals surface area (Å²) in [6.45, 7) is 1.00. The first-order valence-electron chi connectivity index (χ1n) is 6.25. The van der Waals surface area contributed by atoms with Crippen LogP contribution in [0.2, 0.25) is 0 Å². The summed E-state index contributed by atoms with van der Waals surface area (Å²) in [6, 6.07) is 0. The third-order valence-corrected chi connectivity index (χ3v) is 3.53. The molecule has 0 heterocycles. The summed E-state index contributed by atoms with van der Waals surface area (Å²) in [7, 11) is 0. The van der Waals surface area contributed by atoms with E-state index in [0.29, 0.717) is 12.3 Å². The maximum absolute atomic E-state index is 11.8. The van der Waals surface area contributed by atoms with Gasteiger partial charge in [0.05, 0.1) is 6.10 Å². The van der Waals surface area contributed by atoms with E-state index in [1.165, 1.54) is 0 Å². The Morgan fingerprint density at radius 2 is 2.00 bits per heavy atom. The smallest absolute Gasteiger partial charge is 0.393 e. The second kappa shape index (κ2) is 6.59. The van der Waals surface area contributed by atoms with Crippen LogP contribution in [0.25, 0.3) is 0 Å². The fraction of sp³-hybridized carbons (Fsp3) is 1.00. The Morgan fingerprint density at radius 1 is 1.29 bits per heavy atom. The molecule has 0 amide bonds. The number of ether oxygens (including phenoxy) is 1. The van der Waals surface area contributed by atoms with Gasteiger partial charge in [-0.15, -0.1) is 0 Å². The van der Waals surface area contributed by atoms with Gasteiger partial charge in [-0.25, -0.2) is 0 Å². The molecule has 0 aromatic heterocycles. The Kier molecular flexibility index (Phi) is 5.73. The number of aliphatic hydroxyl groups excluding tert-OH is 1. The first-order chi connectivity index (χ1) is 7.92. The van der Waals surface area contributed by atoms with Gasteiger partial charge in [0, 0.05) is 6.61 Å². The third-order valence-electron chi connectivity index (χ3n) is 3.53. The normalized spacial score (nSPS) is 30.5. The Labute approximate surface area is 100 Å². The molecular weight excluding hydrogens is 233 g/mol. The molecule has 3 unspecified atom stereocenters. The first kappa shape index (κ1) is 14.8. The molecule has 1 aliphatic carbocycles. The fourth-order valence-corrected chi connectivity index (χ4v) is 2.45. The van der Waals surface area contributed by atoms with Crippen molar-refractivity contribution in [3.8, 4) is 0 Å². The molecule has 5 heteroatoms. The molecule has 0 aromatic carbocycles. The van der Waals surface area contributed by atoms with E-state index in [0.717, 1.165) is 25.7 Å². The Hall–Kier alpha value is -0.290. The summed E-state index contributed by atoms with van der Waals surface area (Å²) in [4.78, 5) is 0. The summed E-state index contributed by atoms with van der Waals surface area (Å²) in [5.41, 5.74) is 0. The Balaban J connectivity index is 2.20. The zero-order valence-electron chi connectivity index (χ0n) is 10.2. The van der Waals surface area contributed by atoms with Gasteiger partial charge in [0.2, 0.25) is 0 Å². The first-order valence-corrected chi connectivity index (χ1v) is 6.25. The van der Waals surface area contributed by atoms with Crippen molar-refractivity contribution in [1.29, 1.82) is 0 Å². The molecule has 0 spiro atoms. The van der Waals surface area contributed by atoms with Crippen LogP contribution >= 0.6 is 0 Å². The number of rotatable bonds is 5. The molecular formula is C12H21F3O2. The van der Waals surface area contributed by atoms with Crippen LogP contribution < -0.4 is 0 Å². The van der Waals surface area contributed by atoms with Crippen LogP contribution in [0.5, 0.6) is 0 Å². The molecule has 1 rings (SSSR count). The van der Waals surface area contributed by atoms with Crippen molar-refractivity contribution in [2.45, 2.75) is 51.3 Å². The van der Waals surface area contributed by atoms with E-state index in [1.54, 1.807) is 0 Å². The molecule has 0 aromatic rings. The summed E-state index contributed by atoms with van der Waals surface area (Å²) in [5, 5.41) is 9.76. The number of aliphatic hydroxyl groups is 1. The average molecular weight is 254 g/mol. The second-order valence-corrected chi connectivity index (χ2v) is 4.87. The lowest BCUT2D eigenvalue weighted by atomic mass is 9.77. The van der Waals surface area contributed by atoms with Gasteiger partial charge in [-0.1, -0.05) is 13.3 Å². The van der Waals surface area contributed by atoms with Crippen LogP contribution in [0.4, 0.5) is 13.2 Å². The van der Waals surface area contributed by atoms with Crippen LogP contribution in [0.15, 0.2) is 0 Å². The van der Waals surface area contributed by atoms with Crippen molar-refractivity contribution < 1.29 is 23.0 Å². The van der Waals surface area contributed by atoms with E-state index >= 15 is 0 Å². The van der Waals surface area contributed by atoms with Crippen LogP contribution in [-0.4, -0.2) is 30.6 Å². The summed E-state index contributed by atoms with van der Waals surface area (Å²) >= 11 is 0. The minimum Gasteiger partial charge on any atom is -0.393 e. The highest BCUT2D eigenvalue weighted by molar-refractivity contribution is 4.79. The molecule has 1 saturated carbocycles. The van der Waals surface area contributed by atoms with Gasteiger partial charge in [0.1, 0.15) is 6.61 Å². The van der Waals surface area contributed by atoms with Gasteiger partial charge in [0.15, 0.2) is 0 Å². The van der Waals surface area contributed by atoms with Crippen molar-refractivity contribution in [2.24, 2.45) is 11.8 Å². The van der Waals surface area contributed by atoms with Crippen molar-refractivity contribution in [3.05, 3.63) is 0 Å². The van der Waals surface area contributed by atoms with Gasteiger partial charge < -0.3 is 9.84 Å². The lowest BCUT2D eigenvalue weighted by molar-refractivity contribution is -0.175. The molecule has 1 N–H and O–H groups in total. The van der Waals surface area contributed by atoms with Crippen LogP contribution in [-0.2, 0) is 4.74 Å². The van der Waals surface area contributed by atoms with Gasteiger partial charge in [-0.2, -0.15) is 13.2 Å². The van der Waals surface area contributed by atoms with Crippen LogP contribution in [0, 0.1) is 11.8 Å². The SMILES string of the molecule is CCC1CCC(O)C(CCOCC(F)(F)F)C1. The largest absolute Gasteiger partial charge is 0.411 e. The van der Waals surface area contributed by atoms with E-state index in [2.05, 4.69) is 11.7 Å². The van der Waals surface area contributed by atoms with E-state index in [9.17, 15) is 18.3 Å². The van der Waals surface area contributed by atoms with Crippen molar-refractivity contribution in [1.82, 2.24) is 0 Å². The number of halogens is 3. The van der Waals surface area contributed by atoms with Crippen LogP contribution in [0.1, 0.15) is 39.0 Å². The molecule has 0 aliphatic heterocycles. The summed E-state index contributed by atoms with van der Waals surface area (Å²) < 4.78 is 40.1. The standard InChI is InChI=1S/C12H21F3O2/c1-2-9-3-4-11(16)10(7-9)5-6-17-8-12(13,14)15/h9-11,16H,2-8H2,1H3. The zero-order valence-corrected chi connectivity index (χ0v) is 10.2. The lowest BCUT2D eigenvalue weighted by Crippen LogP contribution is -2.30. The monoisotopic (exact) mass is 254 g/mol. The highest BCUT2D eigenvalue weighted by atomic mass is 19.4. The Morgan fingerprint density at radius 3 is 2.59 bits per heavy atom. The summed E-state index contributed by atoms with van der Waals surface area (Å²) in [6.07, 6.45) is -0.322. The van der Waals surface area contributed by atoms with Crippen molar-refractivity contribution in [3.63, 3.8) is 0 Å². The molecule has 1 aliphatic rings. The van der Waals surface area contributed by atoms with E-state index in [4.69, 9.17) is 0 Å². The maximum Gasteiger partial charge on any atom is 0.411 e. The van der Waals surface area contributed by atoms with E-state index < -0.39 is 12.8 Å². The molecule has 0 radical (unpaired) electrons. The molecule has 3 atom stereocenters. The predicted octanol–water partition coefficient (Wildman–Crippen LogP) is 3.14. The molecule has 2 nitrogen and oxygen atoms in total. The molecule has 1 fully saturated rings. The lowest BCUT2D eigenvalue weighted by Gasteiger charge is -2.32. The van der Waals surface area contributed by atoms with Crippen LogP contribution in [0.3, 0.4) is 0 Å². The van der Waals surface area contributed by atoms with Gasteiger partial charge in [0.25, 0.3) is 0 Å². The van der Waals surface area contributed by atoms with E-state index in [1.807, 2.05) is 0 Å². The predicted molar refractivity (Wildman–Crippen MR) is 58.6 cm³/mol. The molecule has 17 heavy (non-hydrogen) atoms. The number of hydrogen-bond donors (Lipinski definition) is 1. The van der Waals surface area contributed by atoms with Crippen molar-refractivity contribution >= 4 is 0 Å². The number of alkyl halides is 3. The molecule has 0 bridgehead atoms. The second-order valence-electron chi connectivity index (χ2n) is 4.87. The topological polar surface area (TPSA) is 29.5 Å². The quantitative estimate of drug-likeness (QED) is 0.764. The Bertz CT molecular complexity index is 218. The van der Waals surface area contributed by atoms with Crippen molar-refractivity contribution in [2.75, 3.05) is 13.2 Å². The average Bonchev–Trinajstić information content (AvgIpc) is 2.25. The van der Waals surface area contributed by atoms with Gasteiger partial charge in [-0.3, -0.25) is 0 Å². The molecule has 102 valence electrons. The third kappa shape index (κ3) is 5.73.